The van der Waals surface area contributed by atoms with Crippen LogP contribution in [0.4, 0.5) is 8.78 Å². The minimum absolute atomic E-state index is 0.144. The van der Waals surface area contributed by atoms with Gasteiger partial charge in [0.05, 0.1) is 18.2 Å². The molecular formula is C17H12F2N4O3. The average molecular weight is 358 g/mol. The molecule has 0 radical (unpaired) electrons. The summed E-state index contributed by atoms with van der Waals surface area (Å²) in [5.41, 5.74) is 0.369. The number of hydrogen-bond acceptors (Lipinski definition) is 6. The summed E-state index contributed by atoms with van der Waals surface area (Å²) in [6, 6.07) is 11.4. The zero-order valence-electron chi connectivity index (χ0n) is 13.3. The van der Waals surface area contributed by atoms with Crippen molar-refractivity contribution in [2.45, 2.75) is 13.0 Å². The van der Waals surface area contributed by atoms with E-state index in [1.54, 1.807) is 24.3 Å². The molecule has 7 nitrogen and oxygen atoms in total. The Morgan fingerprint density at radius 2 is 2.12 bits per heavy atom. The molecule has 0 amide bonds. The minimum Gasteiger partial charge on any atom is -0.492 e. The van der Waals surface area contributed by atoms with Gasteiger partial charge < -0.3 is 13.7 Å². The van der Waals surface area contributed by atoms with E-state index in [0.29, 0.717) is 11.3 Å². The Kier molecular flexibility index (Phi) is 5.03. The topological polar surface area (TPSA) is 93.9 Å². The van der Waals surface area contributed by atoms with Crippen LogP contribution in [0.1, 0.15) is 17.9 Å². The molecule has 26 heavy (non-hydrogen) atoms. The fourth-order valence-electron chi connectivity index (χ4n) is 2.18. The number of nitriles is 1. The SMILES string of the molecule is N#Cc1cccc(OCCn2ccc(-c3nnc(C(F)F)o3)cc2=O)c1. The molecule has 2 heterocycles. The second kappa shape index (κ2) is 7.57. The maximum atomic E-state index is 12.5. The fraction of sp³-hybridized carbons (Fsp3) is 0.176. The van der Waals surface area contributed by atoms with Gasteiger partial charge in [0.25, 0.3) is 11.4 Å². The standard InChI is InChI=1S/C17H12F2N4O3/c18-15(19)17-22-21-16(26-17)12-4-5-23(14(24)9-12)6-7-25-13-3-1-2-11(8-13)10-20/h1-5,8-9,15H,6-7H2. The number of nitrogens with zero attached hydrogens (tertiary/aromatic N) is 4. The number of hydrogen-bond donors (Lipinski definition) is 0. The van der Waals surface area contributed by atoms with E-state index in [0.717, 1.165) is 0 Å². The third-order valence-electron chi connectivity index (χ3n) is 3.43. The van der Waals surface area contributed by atoms with Crippen LogP contribution in [0, 0.1) is 11.3 Å². The molecule has 0 saturated heterocycles. The van der Waals surface area contributed by atoms with Gasteiger partial charge in [-0.05, 0) is 24.3 Å². The van der Waals surface area contributed by atoms with Crippen molar-refractivity contribution >= 4 is 0 Å². The molecule has 3 rings (SSSR count). The quantitative estimate of drug-likeness (QED) is 0.672. The molecule has 132 valence electrons. The van der Waals surface area contributed by atoms with E-state index >= 15 is 0 Å². The van der Waals surface area contributed by atoms with Crippen molar-refractivity contribution < 1.29 is 17.9 Å². The number of halogens is 2. The van der Waals surface area contributed by atoms with E-state index in [4.69, 9.17) is 14.4 Å². The van der Waals surface area contributed by atoms with E-state index < -0.39 is 12.3 Å². The van der Waals surface area contributed by atoms with Gasteiger partial charge in [0.15, 0.2) is 0 Å². The lowest BCUT2D eigenvalue weighted by atomic mass is 10.2. The van der Waals surface area contributed by atoms with Crippen molar-refractivity contribution in [3.63, 3.8) is 0 Å². The van der Waals surface area contributed by atoms with Gasteiger partial charge in [-0.3, -0.25) is 4.79 Å². The van der Waals surface area contributed by atoms with Crippen LogP contribution in [0.2, 0.25) is 0 Å². The van der Waals surface area contributed by atoms with Crippen molar-refractivity contribution in [2.24, 2.45) is 0 Å². The highest BCUT2D eigenvalue weighted by molar-refractivity contribution is 5.50. The molecule has 0 aliphatic heterocycles. The smallest absolute Gasteiger partial charge is 0.314 e. The summed E-state index contributed by atoms with van der Waals surface area (Å²) in [6.45, 7) is 0.478. The van der Waals surface area contributed by atoms with Crippen LogP contribution < -0.4 is 10.3 Å². The van der Waals surface area contributed by atoms with Crippen LogP contribution in [-0.4, -0.2) is 21.4 Å². The third-order valence-corrected chi connectivity index (χ3v) is 3.43. The number of aromatic nitrogens is 3. The molecule has 0 unspecified atom stereocenters. The second-order valence-electron chi connectivity index (χ2n) is 5.18. The highest BCUT2D eigenvalue weighted by Gasteiger charge is 2.17. The number of benzene rings is 1. The normalized spacial score (nSPS) is 10.7. The summed E-state index contributed by atoms with van der Waals surface area (Å²) in [5, 5.41) is 15.6. The Hall–Kier alpha value is -3.54. The van der Waals surface area contributed by atoms with Crippen LogP contribution in [0.25, 0.3) is 11.5 Å². The first-order valence-electron chi connectivity index (χ1n) is 7.52. The predicted molar refractivity (Wildman–Crippen MR) is 85.6 cm³/mol. The number of rotatable bonds is 6. The zero-order chi connectivity index (χ0) is 18.5. The Balaban J connectivity index is 1.66. The van der Waals surface area contributed by atoms with Crippen molar-refractivity contribution in [1.29, 1.82) is 5.26 Å². The summed E-state index contributed by atoms with van der Waals surface area (Å²) in [4.78, 5) is 12.1. The summed E-state index contributed by atoms with van der Waals surface area (Å²) < 4.78 is 36.7. The highest BCUT2D eigenvalue weighted by Crippen LogP contribution is 2.22. The highest BCUT2D eigenvalue weighted by atomic mass is 19.3. The monoisotopic (exact) mass is 358 g/mol. The lowest BCUT2D eigenvalue weighted by Crippen LogP contribution is -2.21. The van der Waals surface area contributed by atoms with E-state index in [9.17, 15) is 13.6 Å². The zero-order valence-corrected chi connectivity index (χ0v) is 13.3. The van der Waals surface area contributed by atoms with Gasteiger partial charge in [-0.2, -0.15) is 14.0 Å². The molecule has 3 aromatic rings. The molecule has 9 heteroatoms. The van der Waals surface area contributed by atoms with Gasteiger partial charge >= 0.3 is 6.43 Å². The molecule has 0 spiro atoms. The van der Waals surface area contributed by atoms with Crippen molar-refractivity contribution in [3.05, 3.63) is 64.4 Å². The van der Waals surface area contributed by atoms with Gasteiger partial charge in [-0.25, -0.2) is 0 Å². The minimum atomic E-state index is -2.87. The molecule has 2 aromatic heterocycles. The van der Waals surface area contributed by atoms with E-state index in [1.165, 1.54) is 22.9 Å². The van der Waals surface area contributed by atoms with Crippen molar-refractivity contribution in [1.82, 2.24) is 14.8 Å². The molecule has 0 saturated carbocycles. The van der Waals surface area contributed by atoms with Crippen LogP contribution in [0.15, 0.2) is 51.8 Å². The number of pyridine rings is 1. The summed E-state index contributed by atoms with van der Waals surface area (Å²) in [7, 11) is 0. The summed E-state index contributed by atoms with van der Waals surface area (Å²) in [6.07, 6.45) is -1.38. The third kappa shape index (κ3) is 3.92. The molecule has 0 N–H and O–H groups in total. The number of ether oxygens (including phenoxy) is 1. The predicted octanol–water partition coefficient (Wildman–Crippen LogP) is 2.79. The molecule has 0 fully saturated rings. The molecule has 0 aliphatic rings. The largest absolute Gasteiger partial charge is 0.492 e. The van der Waals surface area contributed by atoms with Gasteiger partial charge in [0.2, 0.25) is 5.89 Å². The molecular weight excluding hydrogens is 346 g/mol. The van der Waals surface area contributed by atoms with Crippen molar-refractivity contribution in [3.8, 4) is 23.3 Å². The maximum Gasteiger partial charge on any atom is 0.314 e. The number of alkyl halides is 2. The molecule has 0 bridgehead atoms. The Morgan fingerprint density at radius 1 is 1.27 bits per heavy atom. The maximum absolute atomic E-state index is 12.5. The van der Waals surface area contributed by atoms with Gasteiger partial charge in [-0.1, -0.05) is 6.07 Å². The fourth-order valence-corrected chi connectivity index (χ4v) is 2.18. The summed E-state index contributed by atoms with van der Waals surface area (Å²) in [5.74, 6) is -0.412. The first-order valence-corrected chi connectivity index (χ1v) is 7.52. The summed E-state index contributed by atoms with van der Waals surface area (Å²) >= 11 is 0. The lowest BCUT2D eigenvalue weighted by Gasteiger charge is -2.08. The Morgan fingerprint density at radius 3 is 2.81 bits per heavy atom. The Bertz CT molecular complexity index is 1010. The van der Waals surface area contributed by atoms with Gasteiger partial charge in [0.1, 0.15) is 12.4 Å². The Labute approximate surface area is 146 Å². The van der Waals surface area contributed by atoms with E-state index in [1.807, 2.05) is 6.07 Å². The second-order valence-corrected chi connectivity index (χ2v) is 5.18. The van der Waals surface area contributed by atoms with Gasteiger partial charge in [-0.15, -0.1) is 10.2 Å². The molecule has 0 aliphatic carbocycles. The van der Waals surface area contributed by atoms with Crippen LogP contribution in [0.3, 0.4) is 0 Å². The first-order chi connectivity index (χ1) is 12.6. The lowest BCUT2D eigenvalue weighted by molar-refractivity contribution is 0.116. The van der Waals surface area contributed by atoms with Crippen LogP contribution in [0.5, 0.6) is 5.75 Å². The molecule has 1 aromatic carbocycles. The molecule has 0 atom stereocenters. The first kappa shape index (κ1) is 17.3. The van der Waals surface area contributed by atoms with Crippen LogP contribution >= 0.6 is 0 Å². The van der Waals surface area contributed by atoms with E-state index in [2.05, 4.69) is 10.2 Å². The average Bonchev–Trinajstić information content (AvgIpc) is 3.14. The van der Waals surface area contributed by atoms with Crippen molar-refractivity contribution in [2.75, 3.05) is 6.61 Å². The van der Waals surface area contributed by atoms with E-state index in [-0.39, 0.29) is 30.2 Å². The van der Waals surface area contributed by atoms with Gasteiger partial charge in [0, 0.05) is 17.8 Å². The van der Waals surface area contributed by atoms with Crippen LogP contribution in [-0.2, 0) is 6.54 Å².